The average Bonchev–Trinajstić information content (AvgIpc) is 2.68. The first kappa shape index (κ1) is 15.4. The topological polar surface area (TPSA) is 94.8 Å². The van der Waals surface area contributed by atoms with E-state index in [9.17, 15) is 24.9 Å². The Kier molecular flexibility index (Phi) is 6.47. The summed E-state index contributed by atoms with van der Waals surface area (Å²) in [7, 11) is 0. The number of ketones is 1. The number of rotatable bonds is 9. The first-order valence-electron chi connectivity index (χ1n) is 7.98. The summed E-state index contributed by atoms with van der Waals surface area (Å²) in [4.78, 5) is 23.5. The second-order valence-electron chi connectivity index (χ2n) is 5.63. The molecular weight excluding hydrogens is 260 g/mol. The van der Waals surface area contributed by atoms with Gasteiger partial charge in [-0.2, -0.15) is 0 Å². The highest BCUT2D eigenvalue weighted by molar-refractivity contribution is 5.98. The van der Waals surface area contributed by atoms with Crippen LogP contribution in [0.1, 0.15) is 59.6 Å². The highest BCUT2D eigenvalue weighted by Crippen LogP contribution is 2.33. The number of carboxylic acids is 1. The minimum atomic E-state index is -1.31. The molecule has 1 rings (SSSR count). The number of aliphatic carboxylic acids is 1. The zero-order valence-electron chi connectivity index (χ0n) is 13.0. The molecule has 0 saturated heterocycles. The van der Waals surface area contributed by atoms with Crippen LogP contribution >= 0.6 is 0 Å². The van der Waals surface area contributed by atoms with Crippen molar-refractivity contribution in [2.45, 2.75) is 70.5 Å². The van der Waals surface area contributed by atoms with E-state index in [1.165, 1.54) is 0 Å². The van der Waals surface area contributed by atoms with Crippen LogP contribution in [0.25, 0.3) is 0 Å². The largest absolute Gasteiger partial charge is 0.481 e. The van der Waals surface area contributed by atoms with E-state index in [0.29, 0.717) is 6.42 Å². The molecule has 116 valence electrons. The van der Waals surface area contributed by atoms with Crippen LogP contribution in [0.5, 0.6) is 0 Å². The molecule has 1 fully saturated rings. The van der Waals surface area contributed by atoms with Gasteiger partial charge in [0.15, 0.2) is 0 Å². The summed E-state index contributed by atoms with van der Waals surface area (Å²) < 4.78 is 7.85. The normalized spacial score (nSPS) is 29.8. The van der Waals surface area contributed by atoms with Crippen molar-refractivity contribution in [3.8, 4) is 0 Å². The van der Waals surface area contributed by atoms with Crippen molar-refractivity contribution >= 4 is 11.8 Å². The molecule has 20 heavy (non-hydrogen) atoms. The van der Waals surface area contributed by atoms with E-state index >= 15 is 0 Å². The molecule has 0 aliphatic heterocycles. The minimum Gasteiger partial charge on any atom is -0.481 e. The highest BCUT2D eigenvalue weighted by Gasteiger charge is 2.43. The lowest BCUT2D eigenvalue weighted by Crippen LogP contribution is -2.35. The molecule has 1 saturated carbocycles. The SMILES string of the molecule is [2H][C@H](CCCCC)CC(=O)[C@H](C(=O)O)[C@@H]1C[C@@H](O)C[C@H]1O. The van der Waals surface area contributed by atoms with E-state index < -0.39 is 42.2 Å². The van der Waals surface area contributed by atoms with Crippen LogP contribution in [0.15, 0.2) is 0 Å². The Balaban J connectivity index is 2.60. The zero-order chi connectivity index (χ0) is 16.0. The number of hydrogen-bond acceptors (Lipinski definition) is 4. The van der Waals surface area contributed by atoms with Crippen LogP contribution in [-0.2, 0) is 9.59 Å². The Labute approximate surface area is 121 Å². The van der Waals surface area contributed by atoms with Gasteiger partial charge >= 0.3 is 5.97 Å². The molecule has 5 atom stereocenters. The molecule has 1 aliphatic carbocycles. The summed E-state index contributed by atoms with van der Waals surface area (Å²) in [6.45, 7) is 2.05. The standard InChI is InChI=1S/C15H26O5/c1-2-3-4-5-6-7-12(17)14(15(19)20)11-8-10(16)9-13(11)18/h10-11,13-14,16,18H,2-9H2,1H3,(H,19,20)/t10-,11-,13-,14-/m1/s1/i6D/t6-,10-,11-,13-,14-. The summed E-state index contributed by atoms with van der Waals surface area (Å²) in [5, 5.41) is 28.6. The van der Waals surface area contributed by atoms with Crippen molar-refractivity contribution in [3.05, 3.63) is 0 Å². The molecule has 0 aromatic heterocycles. The van der Waals surface area contributed by atoms with Crippen molar-refractivity contribution in [1.82, 2.24) is 0 Å². The Morgan fingerprint density at radius 1 is 1.25 bits per heavy atom. The van der Waals surface area contributed by atoms with Crippen LogP contribution in [0.2, 0.25) is 0 Å². The molecule has 5 heteroatoms. The predicted octanol–water partition coefficient (Wildman–Crippen LogP) is 1.75. The lowest BCUT2D eigenvalue weighted by Gasteiger charge is -2.21. The second kappa shape index (κ2) is 8.37. The zero-order valence-corrected chi connectivity index (χ0v) is 12.0. The first-order valence-corrected chi connectivity index (χ1v) is 7.40. The molecule has 0 spiro atoms. The van der Waals surface area contributed by atoms with E-state index in [1.807, 2.05) is 0 Å². The van der Waals surface area contributed by atoms with Crippen LogP contribution in [0.4, 0.5) is 0 Å². The lowest BCUT2D eigenvalue weighted by atomic mass is 9.84. The second-order valence-corrected chi connectivity index (χ2v) is 5.63. The highest BCUT2D eigenvalue weighted by atomic mass is 16.4. The van der Waals surface area contributed by atoms with Gasteiger partial charge in [-0.25, -0.2) is 0 Å². The number of unbranched alkanes of at least 4 members (excludes halogenated alkanes) is 2. The molecule has 5 nitrogen and oxygen atoms in total. The number of carboxylic acid groups (broad SMARTS) is 1. The fraction of sp³-hybridized carbons (Fsp3) is 0.867. The van der Waals surface area contributed by atoms with E-state index in [1.54, 1.807) is 0 Å². The van der Waals surface area contributed by atoms with Gasteiger partial charge in [0.05, 0.1) is 12.2 Å². The van der Waals surface area contributed by atoms with Gasteiger partial charge in [0.2, 0.25) is 0 Å². The van der Waals surface area contributed by atoms with Crippen LogP contribution in [0, 0.1) is 11.8 Å². The molecule has 0 unspecified atom stereocenters. The smallest absolute Gasteiger partial charge is 0.314 e. The van der Waals surface area contributed by atoms with Gasteiger partial charge in [-0.3, -0.25) is 9.59 Å². The van der Waals surface area contributed by atoms with Crippen LogP contribution < -0.4 is 0 Å². The Bertz CT molecular complexity index is 360. The van der Waals surface area contributed by atoms with Gasteiger partial charge in [0, 0.05) is 13.7 Å². The summed E-state index contributed by atoms with van der Waals surface area (Å²) in [5.74, 6) is -3.82. The summed E-state index contributed by atoms with van der Waals surface area (Å²) >= 11 is 0. The van der Waals surface area contributed by atoms with Gasteiger partial charge in [-0.05, 0) is 19.2 Å². The molecule has 0 amide bonds. The van der Waals surface area contributed by atoms with E-state index in [0.717, 1.165) is 19.3 Å². The average molecular weight is 287 g/mol. The maximum absolute atomic E-state index is 12.2. The minimum absolute atomic E-state index is 0.0972. The molecule has 0 aromatic carbocycles. The molecule has 1 aliphatic rings. The number of carbonyl (C=O) groups excluding carboxylic acids is 1. The van der Waals surface area contributed by atoms with Crippen LogP contribution in [-0.4, -0.2) is 39.3 Å². The van der Waals surface area contributed by atoms with Crippen molar-refractivity contribution in [3.63, 3.8) is 0 Å². The molecule has 0 bridgehead atoms. The van der Waals surface area contributed by atoms with Gasteiger partial charge in [-0.1, -0.05) is 32.6 Å². The van der Waals surface area contributed by atoms with Gasteiger partial charge < -0.3 is 15.3 Å². The summed E-state index contributed by atoms with van der Waals surface area (Å²) in [5.41, 5.74) is 0. The van der Waals surface area contributed by atoms with Crippen molar-refractivity contribution in [2.24, 2.45) is 11.8 Å². The number of aliphatic hydroxyl groups excluding tert-OH is 2. The molecule has 0 radical (unpaired) electrons. The number of Topliss-reactive ketones (excluding diaryl/α,β-unsaturated/α-hetero) is 1. The number of aliphatic hydroxyl groups is 2. The Morgan fingerprint density at radius 2 is 1.95 bits per heavy atom. The molecule has 3 N–H and O–H groups in total. The monoisotopic (exact) mass is 287 g/mol. The van der Waals surface area contributed by atoms with E-state index in [-0.39, 0.29) is 19.3 Å². The molecular formula is C15H26O5. The fourth-order valence-electron chi connectivity index (χ4n) is 2.85. The maximum atomic E-state index is 12.2. The third kappa shape index (κ3) is 4.87. The quantitative estimate of drug-likeness (QED) is 0.443. The van der Waals surface area contributed by atoms with Crippen molar-refractivity contribution in [1.29, 1.82) is 0 Å². The van der Waals surface area contributed by atoms with Gasteiger partial charge in [-0.15, -0.1) is 0 Å². The third-order valence-corrected chi connectivity index (χ3v) is 3.95. The van der Waals surface area contributed by atoms with Gasteiger partial charge in [0.25, 0.3) is 0 Å². The summed E-state index contributed by atoms with van der Waals surface area (Å²) in [6.07, 6.45) is 1.32. The first-order chi connectivity index (χ1) is 9.86. The van der Waals surface area contributed by atoms with Crippen molar-refractivity contribution in [2.75, 3.05) is 0 Å². The van der Waals surface area contributed by atoms with E-state index in [4.69, 9.17) is 1.37 Å². The Morgan fingerprint density at radius 3 is 2.45 bits per heavy atom. The Hall–Kier alpha value is -0.940. The predicted molar refractivity (Wildman–Crippen MR) is 74.2 cm³/mol. The molecule has 0 aromatic rings. The number of hydrogen-bond donors (Lipinski definition) is 3. The summed E-state index contributed by atoms with van der Waals surface area (Å²) in [6, 6.07) is 0. The van der Waals surface area contributed by atoms with Gasteiger partial charge in [0.1, 0.15) is 11.7 Å². The fourth-order valence-corrected chi connectivity index (χ4v) is 2.85. The number of carbonyl (C=O) groups is 2. The van der Waals surface area contributed by atoms with E-state index in [2.05, 4.69) is 6.92 Å². The van der Waals surface area contributed by atoms with Crippen LogP contribution in [0.3, 0.4) is 0 Å². The maximum Gasteiger partial charge on any atom is 0.314 e. The molecule has 0 heterocycles. The third-order valence-electron chi connectivity index (χ3n) is 3.95. The lowest BCUT2D eigenvalue weighted by molar-refractivity contribution is -0.150. The van der Waals surface area contributed by atoms with Crippen molar-refractivity contribution < 1.29 is 26.3 Å².